The van der Waals surface area contributed by atoms with Gasteiger partial charge in [0.15, 0.2) is 17.3 Å². The Labute approximate surface area is 172 Å². The summed E-state index contributed by atoms with van der Waals surface area (Å²) in [5.41, 5.74) is 2.00. The van der Waals surface area contributed by atoms with Gasteiger partial charge in [-0.15, -0.1) is 0 Å². The van der Waals surface area contributed by atoms with Crippen molar-refractivity contribution in [3.8, 4) is 11.5 Å². The zero-order valence-electron chi connectivity index (χ0n) is 16.2. The SMILES string of the molecule is CC(=O)c1c(O)ccc2c1C[C@@]1(O2)O[C@@H](c2ccccc2)CC2=C1C(=O)C=CC2=O. The molecule has 5 rings (SSSR count). The summed E-state index contributed by atoms with van der Waals surface area (Å²) in [5.74, 6) is -2.25. The summed E-state index contributed by atoms with van der Waals surface area (Å²) in [4.78, 5) is 37.7. The van der Waals surface area contributed by atoms with Crippen LogP contribution in [0.3, 0.4) is 0 Å². The Balaban J connectivity index is 1.68. The largest absolute Gasteiger partial charge is 0.507 e. The number of allylic oxidation sites excluding steroid dienone is 2. The van der Waals surface area contributed by atoms with Crippen LogP contribution >= 0.6 is 0 Å². The third-order valence-electron chi connectivity index (χ3n) is 5.79. The normalized spacial score (nSPS) is 24.6. The van der Waals surface area contributed by atoms with E-state index in [1.807, 2.05) is 30.3 Å². The van der Waals surface area contributed by atoms with Crippen LogP contribution in [0.15, 0.2) is 65.8 Å². The van der Waals surface area contributed by atoms with Gasteiger partial charge < -0.3 is 14.6 Å². The highest BCUT2D eigenvalue weighted by Gasteiger charge is 2.54. The lowest BCUT2D eigenvalue weighted by atomic mass is 9.80. The van der Waals surface area contributed by atoms with Gasteiger partial charge in [-0.2, -0.15) is 0 Å². The molecule has 1 N–H and O–H groups in total. The number of aromatic hydroxyl groups is 1. The molecule has 0 amide bonds. The molecule has 1 spiro atoms. The van der Waals surface area contributed by atoms with Gasteiger partial charge in [-0.1, -0.05) is 30.3 Å². The van der Waals surface area contributed by atoms with Crippen molar-refractivity contribution in [1.82, 2.24) is 0 Å². The second-order valence-corrected chi connectivity index (χ2v) is 7.66. The number of rotatable bonds is 2. The summed E-state index contributed by atoms with van der Waals surface area (Å²) >= 11 is 0. The van der Waals surface area contributed by atoms with E-state index in [0.717, 1.165) is 5.56 Å². The van der Waals surface area contributed by atoms with Crippen molar-refractivity contribution in [3.63, 3.8) is 0 Å². The topological polar surface area (TPSA) is 89.9 Å². The van der Waals surface area contributed by atoms with Crippen molar-refractivity contribution < 1.29 is 29.0 Å². The Kier molecular flexibility index (Phi) is 4.01. The highest BCUT2D eigenvalue weighted by atomic mass is 16.7. The molecule has 1 aliphatic carbocycles. The zero-order valence-corrected chi connectivity index (χ0v) is 16.2. The molecule has 2 heterocycles. The minimum Gasteiger partial charge on any atom is -0.507 e. The number of Topliss-reactive ketones (excluding diaryl/α,β-unsaturated/α-hetero) is 1. The Morgan fingerprint density at radius 2 is 1.80 bits per heavy atom. The summed E-state index contributed by atoms with van der Waals surface area (Å²) in [6, 6.07) is 12.3. The van der Waals surface area contributed by atoms with Crippen LogP contribution in [0.5, 0.6) is 11.5 Å². The average Bonchev–Trinajstić information content (AvgIpc) is 3.08. The number of hydrogen-bond donors (Lipinski definition) is 1. The van der Waals surface area contributed by atoms with Gasteiger partial charge in [0, 0.05) is 24.0 Å². The molecule has 0 saturated heterocycles. The first-order chi connectivity index (χ1) is 14.4. The lowest BCUT2D eigenvalue weighted by Gasteiger charge is -2.40. The molecule has 6 nitrogen and oxygen atoms in total. The van der Waals surface area contributed by atoms with Gasteiger partial charge in [0.05, 0.1) is 17.2 Å². The fraction of sp³-hybridized carbons (Fsp3) is 0.208. The van der Waals surface area contributed by atoms with Crippen LogP contribution < -0.4 is 4.74 Å². The van der Waals surface area contributed by atoms with Gasteiger partial charge in [0.1, 0.15) is 11.5 Å². The van der Waals surface area contributed by atoms with E-state index in [1.165, 1.54) is 25.1 Å². The molecular weight excluding hydrogens is 384 g/mol. The van der Waals surface area contributed by atoms with E-state index in [-0.39, 0.29) is 47.1 Å². The summed E-state index contributed by atoms with van der Waals surface area (Å²) in [5, 5.41) is 10.2. The van der Waals surface area contributed by atoms with E-state index in [0.29, 0.717) is 16.9 Å². The van der Waals surface area contributed by atoms with E-state index in [4.69, 9.17) is 9.47 Å². The number of carbonyl (C=O) groups excluding carboxylic acids is 3. The quantitative estimate of drug-likeness (QED) is 0.612. The Bertz CT molecular complexity index is 1170. The fourth-order valence-electron chi connectivity index (χ4n) is 4.53. The minimum atomic E-state index is -1.54. The summed E-state index contributed by atoms with van der Waals surface area (Å²) in [6.07, 6.45) is 2.29. The Morgan fingerprint density at radius 3 is 2.53 bits per heavy atom. The van der Waals surface area contributed by atoms with Crippen LogP contribution in [0, 0.1) is 0 Å². The van der Waals surface area contributed by atoms with Gasteiger partial charge >= 0.3 is 0 Å². The monoisotopic (exact) mass is 402 g/mol. The Hall–Kier alpha value is -3.51. The number of ketones is 3. The predicted molar refractivity (Wildman–Crippen MR) is 106 cm³/mol. The van der Waals surface area contributed by atoms with Crippen molar-refractivity contribution in [2.45, 2.75) is 31.7 Å². The van der Waals surface area contributed by atoms with E-state index in [1.54, 1.807) is 6.07 Å². The van der Waals surface area contributed by atoms with Crippen molar-refractivity contribution in [1.29, 1.82) is 0 Å². The van der Waals surface area contributed by atoms with E-state index >= 15 is 0 Å². The second-order valence-electron chi connectivity index (χ2n) is 7.66. The van der Waals surface area contributed by atoms with E-state index < -0.39 is 11.9 Å². The summed E-state index contributed by atoms with van der Waals surface area (Å²) in [7, 11) is 0. The summed E-state index contributed by atoms with van der Waals surface area (Å²) < 4.78 is 12.6. The van der Waals surface area contributed by atoms with Gasteiger partial charge in [-0.05, 0) is 36.8 Å². The highest BCUT2D eigenvalue weighted by Crippen LogP contribution is 2.51. The number of phenols is 1. The number of fused-ring (bicyclic) bond motifs is 2. The molecule has 2 atom stereocenters. The van der Waals surface area contributed by atoms with Crippen LogP contribution in [-0.4, -0.2) is 28.2 Å². The molecule has 2 aliphatic heterocycles. The maximum Gasteiger partial charge on any atom is 0.246 e. The maximum absolute atomic E-state index is 12.8. The average molecular weight is 402 g/mol. The van der Waals surface area contributed by atoms with Crippen molar-refractivity contribution in [3.05, 3.63) is 82.5 Å². The third kappa shape index (κ3) is 2.64. The lowest BCUT2D eigenvalue weighted by Crippen LogP contribution is -2.48. The molecule has 30 heavy (non-hydrogen) atoms. The molecule has 0 unspecified atom stereocenters. The molecule has 6 heteroatoms. The van der Waals surface area contributed by atoms with Crippen molar-refractivity contribution in [2.24, 2.45) is 0 Å². The molecule has 2 aromatic rings. The predicted octanol–water partition coefficient (Wildman–Crippen LogP) is 3.39. The lowest BCUT2D eigenvalue weighted by molar-refractivity contribution is -0.188. The molecular formula is C24H18O6. The molecule has 0 bridgehead atoms. The first-order valence-corrected chi connectivity index (χ1v) is 9.67. The number of phenolic OH excluding ortho intramolecular Hbond substituents is 1. The van der Waals surface area contributed by atoms with E-state index in [2.05, 4.69) is 0 Å². The molecule has 2 aromatic carbocycles. The molecule has 3 aliphatic rings. The van der Waals surface area contributed by atoms with Crippen LogP contribution in [0.2, 0.25) is 0 Å². The van der Waals surface area contributed by atoms with Gasteiger partial charge in [0.25, 0.3) is 0 Å². The zero-order chi connectivity index (χ0) is 21.0. The highest BCUT2D eigenvalue weighted by molar-refractivity contribution is 6.21. The van der Waals surface area contributed by atoms with Crippen molar-refractivity contribution >= 4 is 17.3 Å². The van der Waals surface area contributed by atoms with Crippen LogP contribution in [-0.2, 0) is 20.7 Å². The van der Waals surface area contributed by atoms with Crippen LogP contribution in [0.25, 0.3) is 0 Å². The number of benzene rings is 2. The third-order valence-corrected chi connectivity index (χ3v) is 5.79. The molecule has 0 radical (unpaired) electrons. The van der Waals surface area contributed by atoms with E-state index in [9.17, 15) is 19.5 Å². The first kappa shape index (κ1) is 18.5. The minimum absolute atomic E-state index is 0.0423. The van der Waals surface area contributed by atoms with Gasteiger partial charge in [0.2, 0.25) is 5.79 Å². The first-order valence-electron chi connectivity index (χ1n) is 9.67. The smallest absolute Gasteiger partial charge is 0.246 e. The molecule has 0 aromatic heterocycles. The number of hydrogen-bond acceptors (Lipinski definition) is 6. The molecule has 150 valence electrons. The fourth-order valence-corrected chi connectivity index (χ4v) is 4.53. The van der Waals surface area contributed by atoms with Crippen molar-refractivity contribution in [2.75, 3.05) is 0 Å². The molecule has 0 saturated carbocycles. The second kappa shape index (κ2) is 6.50. The number of ether oxygens (including phenoxy) is 2. The van der Waals surface area contributed by atoms with Crippen LogP contribution in [0.4, 0.5) is 0 Å². The van der Waals surface area contributed by atoms with Gasteiger partial charge in [-0.25, -0.2) is 0 Å². The Morgan fingerprint density at radius 1 is 1.07 bits per heavy atom. The maximum atomic E-state index is 12.8. The van der Waals surface area contributed by atoms with Gasteiger partial charge in [-0.3, -0.25) is 14.4 Å². The standard InChI is InChI=1S/C24H18O6/c1-13(25)22-16-12-24(29-20(16)10-9-18(22)27)23-15(17(26)7-8-19(23)28)11-21(30-24)14-5-3-2-4-6-14/h2-10,21,27H,11-12H2,1H3/t21-,24-/m1/s1. The van der Waals surface area contributed by atoms with Crippen LogP contribution in [0.1, 0.15) is 40.9 Å². The summed E-state index contributed by atoms with van der Waals surface area (Å²) in [6.45, 7) is 1.36. The molecule has 0 fully saturated rings. The number of carbonyl (C=O) groups is 3.